The quantitative estimate of drug-likeness (QED) is 0.837. The molecule has 0 unspecified atom stereocenters. The van der Waals surface area contributed by atoms with Gasteiger partial charge in [-0.2, -0.15) is 0 Å². The Morgan fingerprint density at radius 1 is 1.62 bits per heavy atom. The molecular formula is C12H18N2O2. The standard InChI is InChI=1S/C12H18N2O2/c1-2-8-16-11-4-3-6-13-12(11)14-7-5-10(15)9-14/h3-4,6,10,15H,2,5,7-9H2,1H3/t10-/m0/s1. The predicted molar refractivity (Wildman–Crippen MR) is 62.9 cm³/mol. The zero-order valence-electron chi connectivity index (χ0n) is 9.59. The number of nitrogens with zero attached hydrogens (tertiary/aromatic N) is 2. The SMILES string of the molecule is CCCOc1cccnc1N1CC[C@H](O)C1. The molecule has 1 aliphatic rings. The number of hydrogen-bond acceptors (Lipinski definition) is 4. The van der Waals surface area contributed by atoms with Crippen LogP contribution in [0.15, 0.2) is 18.3 Å². The Hall–Kier alpha value is -1.29. The van der Waals surface area contributed by atoms with Gasteiger partial charge in [-0.15, -0.1) is 0 Å². The smallest absolute Gasteiger partial charge is 0.171 e. The highest BCUT2D eigenvalue weighted by molar-refractivity contribution is 5.52. The van der Waals surface area contributed by atoms with Crippen LogP contribution < -0.4 is 9.64 Å². The van der Waals surface area contributed by atoms with E-state index in [0.29, 0.717) is 13.2 Å². The summed E-state index contributed by atoms with van der Waals surface area (Å²) in [5, 5.41) is 9.52. The fourth-order valence-corrected chi connectivity index (χ4v) is 1.88. The molecular weight excluding hydrogens is 204 g/mol. The summed E-state index contributed by atoms with van der Waals surface area (Å²) in [7, 11) is 0. The number of ether oxygens (including phenoxy) is 1. The number of hydrogen-bond donors (Lipinski definition) is 1. The molecule has 0 aromatic carbocycles. The number of anilines is 1. The summed E-state index contributed by atoms with van der Waals surface area (Å²) in [6, 6.07) is 3.81. The van der Waals surface area contributed by atoms with Crippen LogP contribution in [0, 0.1) is 0 Å². The largest absolute Gasteiger partial charge is 0.490 e. The summed E-state index contributed by atoms with van der Waals surface area (Å²) in [5.74, 6) is 1.67. The van der Waals surface area contributed by atoms with Crippen LogP contribution in [0.5, 0.6) is 5.75 Å². The third-order valence-corrected chi connectivity index (χ3v) is 2.68. The highest BCUT2D eigenvalue weighted by Crippen LogP contribution is 2.28. The van der Waals surface area contributed by atoms with E-state index in [-0.39, 0.29) is 6.10 Å². The fraction of sp³-hybridized carbons (Fsp3) is 0.583. The summed E-state index contributed by atoms with van der Waals surface area (Å²) in [6.45, 7) is 4.28. The van der Waals surface area contributed by atoms with Crippen LogP contribution in [0.3, 0.4) is 0 Å². The number of aromatic nitrogens is 1. The monoisotopic (exact) mass is 222 g/mol. The lowest BCUT2D eigenvalue weighted by atomic mass is 10.3. The Morgan fingerprint density at radius 2 is 2.50 bits per heavy atom. The van der Waals surface area contributed by atoms with Crippen LogP contribution >= 0.6 is 0 Å². The van der Waals surface area contributed by atoms with Gasteiger partial charge in [0.2, 0.25) is 0 Å². The van der Waals surface area contributed by atoms with Crippen molar-refractivity contribution in [3.05, 3.63) is 18.3 Å². The molecule has 0 spiro atoms. The van der Waals surface area contributed by atoms with Gasteiger partial charge in [-0.05, 0) is 25.0 Å². The van der Waals surface area contributed by atoms with Crippen LogP contribution in [0.4, 0.5) is 5.82 Å². The molecule has 2 rings (SSSR count). The maximum atomic E-state index is 9.52. The van der Waals surface area contributed by atoms with Gasteiger partial charge < -0.3 is 14.7 Å². The second kappa shape index (κ2) is 5.16. The molecule has 2 heterocycles. The van der Waals surface area contributed by atoms with Gasteiger partial charge in [-0.3, -0.25) is 0 Å². The molecule has 88 valence electrons. The van der Waals surface area contributed by atoms with Crippen molar-refractivity contribution < 1.29 is 9.84 Å². The van der Waals surface area contributed by atoms with E-state index in [1.165, 1.54) is 0 Å². The van der Waals surface area contributed by atoms with E-state index >= 15 is 0 Å². The van der Waals surface area contributed by atoms with Crippen molar-refractivity contribution in [1.29, 1.82) is 0 Å². The van der Waals surface area contributed by atoms with Crippen LogP contribution in [0.25, 0.3) is 0 Å². The third kappa shape index (κ3) is 2.44. The van der Waals surface area contributed by atoms with Crippen molar-refractivity contribution in [1.82, 2.24) is 4.98 Å². The summed E-state index contributed by atoms with van der Waals surface area (Å²) in [4.78, 5) is 6.42. The van der Waals surface area contributed by atoms with Crippen LogP contribution in [0.2, 0.25) is 0 Å². The molecule has 0 saturated carbocycles. The third-order valence-electron chi connectivity index (χ3n) is 2.68. The van der Waals surface area contributed by atoms with E-state index in [1.54, 1.807) is 6.20 Å². The Morgan fingerprint density at radius 3 is 3.19 bits per heavy atom. The maximum absolute atomic E-state index is 9.52. The van der Waals surface area contributed by atoms with E-state index in [9.17, 15) is 5.11 Å². The van der Waals surface area contributed by atoms with Crippen molar-refractivity contribution >= 4 is 5.82 Å². The molecule has 0 radical (unpaired) electrons. The van der Waals surface area contributed by atoms with Gasteiger partial charge in [0, 0.05) is 19.3 Å². The van der Waals surface area contributed by atoms with Crippen molar-refractivity contribution in [3.63, 3.8) is 0 Å². The van der Waals surface area contributed by atoms with Gasteiger partial charge in [-0.1, -0.05) is 6.92 Å². The normalized spacial score (nSPS) is 20.1. The Balaban J connectivity index is 2.12. The lowest BCUT2D eigenvalue weighted by Gasteiger charge is -2.19. The zero-order chi connectivity index (χ0) is 11.4. The molecule has 1 aromatic heterocycles. The number of aliphatic hydroxyl groups is 1. The second-order valence-corrected chi connectivity index (χ2v) is 4.06. The molecule has 0 amide bonds. The zero-order valence-corrected chi connectivity index (χ0v) is 9.59. The number of pyridine rings is 1. The van der Waals surface area contributed by atoms with Crippen molar-refractivity contribution in [2.75, 3.05) is 24.6 Å². The average molecular weight is 222 g/mol. The lowest BCUT2D eigenvalue weighted by molar-refractivity contribution is 0.198. The number of rotatable bonds is 4. The Bertz CT molecular complexity index is 344. The average Bonchev–Trinajstić information content (AvgIpc) is 2.73. The highest BCUT2D eigenvalue weighted by atomic mass is 16.5. The van der Waals surface area contributed by atoms with Crippen LogP contribution in [0.1, 0.15) is 19.8 Å². The highest BCUT2D eigenvalue weighted by Gasteiger charge is 2.23. The molecule has 4 heteroatoms. The predicted octanol–water partition coefficient (Wildman–Crippen LogP) is 1.44. The van der Waals surface area contributed by atoms with Gasteiger partial charge in [0.25, 0.3) is 0 Å². The second-order valence-electron chi connectivity index (χ2n) is 4.06. The van der Waals surface area contributed by atoms with E-state index in [2.05, 4.69) is 16.8 Å². The van der Waals surface area contributed by atoms with E-state index in [1.807, 2.05) is 12.1 Å². The van der Waals surface area contributed by atoms with E-state index in [0.717, 1.165) is 31.0 Å². The molecule has 0 bridgehead atoms. The van der Waals surface area contributed by atoms with Crippen molar-refractivity contribution in [2.24, 2.45) is 0 Å². The minimum absolute atomic E-state index is 0.235. The molecule has 1 fully saturated rings. The maximum Gasteiger partial charge on any atom is 0.171 e. The topological polar surface area (TPSA) is 45.6 Å². The van der Waals surface area contributed by atoms with E-state index < -0.39 is 0 Å². The first kappa shape index (κ1) is 11.2. The first-order valence-electron chi connectivity index (χ1n) is 5.82. The molecule has 0 aliphatic carbocycles. The van der Waals surface area contributed by atoms with Gasteiger partial charge >= 0.3 is 0 Å². The summed E-state index contributed by atoms with van der Waals surface area (Å²) in [6.07, 6.45) is 3.32. The Labute approximate surface area is 95.9 Å². The minimum Gasteiger partial charge on any atom is -0.490 e. The molecule has 1 atom stereocenters. The van der Waals surface area contributed by atoms with Crippen LogP contribution in [-0.2, 0) is 0 Å². The lowest BCUT2D eigenvalue weighted by Crippen LogP contribution is -2.23. The van der Waals surface area contributed by atoms with Gasteiger partial charge in [0.15, 0.2) is 11.6 Å². The molecule has 4 nitrogen and oxygen atoms in total. The fourth-order valence-electron chi connectivity index (χ4n) is 1.88. The van der Waals surface area contributed by atoms with E-state index in [4.69, 9.17) is 4.74 Å². The van der Waals surface area contributed by atoms with Crippen LogP contribution in [-0.4, -0.2) is 35.9 Å². The first-order valence-corrected chi connectivity index (χ1v) is 5.82. The number of β-amino-alcohol motifs (C(OH)–C–C–N with tert-alkyl or cyclic N) is 1. The molecule has 1 aliphatic heterocycles. The minimum atomic E-state index is -0.235. The molecule has 16 heavy (non-hydrogen) atoms. The van der Waals surface area contributed by atoms with Gasteiger partial charge in [0.1, 0.15) is 0 Å². The summed E-state index contributed by atoms with van der Waals surface area (Å²) in [5.41, 5.74) is 0. The molecule has 1 aromatic rings. The number of aliphatic hydroxyl groups excluding tert-OH is 1. The van der Waals surface area contributed by atoms with Crippen molar-refractivity contribution in [2.45, 2.75) is 25.9 Å². The first-order chi connectivity index (χ1) is 7.81. The Kier molecular flexibility index (Phi) is 3.62. The summed E-state index contributed by atoms with van der Waals surface area (Å²) >= 11 is 0. The summed E-state index contributed by atoms with van der Waals surface area (Å²) < 4.78 is 5.65. The van der Waals surface area contributed by atoms with Gasteiger partial charge in [-0.25, -0.2) is 4.98 Å². The van der Waals surface area contributed by atoms with Crippen molar-refractivity contribution in [3.8, 4) is 5.75 Å². The van der Waals surface area contributed by atoms with Gasteiger partial charge in [0.05, 0.1) is 12.7 Å². The molecule has 1 saturated heterocycles. The molecule has 1 N–H and O–H groups in total.